The normalized spacial score (nSPS) is 12.3. The molecule has 0 saturated heterocycles. The van der Waals surface area contributed by atoms with Crippen molar-refractivity contribution in [2.75, 3.05) is 0 Å². The van der Waals surface area contributed by atoms with Crippen molar-refractivity contribution < 1.29 is 23.5 Å². The number of amides is 1. The van der Waals surface area contributed by atoms with E-state index in [9.17, 15) is 14.4 Å². The molecule has 3 aromatic rings. The largest absolute Gasteiger partial charge is 0.444 e. The smallest absolute Gasteiger partial charge is 0.408 e. The Balaban J connectivity index is 1.79. The highest BCUT2D eigenvalue weighted by Crippen LogP contribution is 2.25. The molecule has 1 heterocycles. The van der Waals surface area contributed by atoms with Crippen molar-refractivity contribution >= 4 is 23.0 Å². The van der Waals surface area contributed by atoms with Crippen LogP contribution in [0, 0.1) is 6.92 Å². The van der Waals surface area contributed by atoms with Gasteiger partial charge in [-0.3, -0.25) is 0 Å². The summed E-state index contributed by atoms with van der Waals surface area (Å²) < 4.78 is 16.2. The molecule has 1 unspecified atom stereocenters. The second-order valence-electron chi connectivity index (χ2n) is 8.84. The monoisotopic (exact) mass is 451 g/mol. The van der Waals surface area contributed by atoms with Crippen LogP contribution in [0.5, 0.6) is 5.75 Å². The Kier molecular flexibility index (Phi) is 7.21. The Bertz CT molecular complexity index is 1210. The van der Waals surface area contributed by atoms with Gasteiger partial charge in [0.1, 0.15) is 23.0 Å². The van der Waals surface area contributed by atoms with Gasteiger partial charge in [-0.1, -0.05) is 37.3 Å². The molecule has 0 saturated carbocycles. The van der Waals surface area contributed by atoms with Gasteiger partial charge < -0.3 is 19.2 Å². The molecule has 0 aliphatic rings. The van der Waals surface area contributed by atoms with E-state index in [-0.39, 0.29) is 5.75 Å². The van der Waals surface area contributed by atoms with E-state index in [0.717, 1.165) is 16.5 Å². The molecule has 0 bridgehead atoms. The molecule has 0 aliphatic carbocycles. The van der Waals surface area contributed by atoms with Gasteiger partial charge >= 0.3 is 17.7 Å². The van der Waals surface area contributed by atoms with E-state index >= 15 is 0 Å². The Morgan fingerprint density at radius 1 is 1.09 bits per heavy atom. The lowest BCUT2D eigenvalue weighted by atomic mass is 10.00. The molecule has 7 nitrogen and oxygen atoms in total. The van der Waals surface area contributed by atoms with Crippen molar-refractivity contribution in [1.29, 1.82) is 0 Å². The Hall–Kier alpha value is -3.61. The number of carbonyl (C=O) groups is 2. The van der Waals surface area contributed by atoms with Crippen LogP contribution in [0.15, 0.2) is 57.7 Å². The summed E-state index contributed by atoms with van der Waals surface area (Å²) in [7, 11) is 0. The molecule has 0 radical (unpaired) electrons. The molecule has 3 rings (SSSR count). The summed E-state index contributed by atoms with van der Waals surface area (Å²) in [6.07, 6.45) is 0.0937. The fourth-order valence-corrected chi connectivity index (χ4v) is 3.41. The number of benzene rings is 2. The van der Waals surface area contributed by atoms with Crippen LogP contribution in [0.1, 0.15) is 50.8 Å². The molecule has 0 spiro atoms. The average molecular weight is 452 g/mol. The third kappa shape index (κ3) is 6.22. The predicted molar refractivity (Wildman–Crippen MR) is 126 cm³/mol. The number of ether oxygens (including phenoxy) is 2. The maximum Gasteiger partial charge on any atom is 0.408 e. The number of carbonyl (C=O) groups excluding carboxylic acids is 2. The third-order valence-corrected chi connectivity index (χ3v) is 5.08. The van der Waals surface area contributed by atoms with E-state index in [4.69, 9.17) is 13.9 Å². The molecule has 0 aliphatic heterocycles. The molecule has 7 heteroatoms. The number of esters is 1. The quantitative estimate of drug-likeness (QED) is 0.325. The van der Waals surface area contributed by atoms with Gasteiger partial charge in [0.15, 0.2) is 0 Å². The van der Waals surface area contributed by atoms with E-state index in [1.807, 2.05) is 37.3 Å². The van der Waals surface area contributed by atoms with Gasteiger partial charge in [0.05, 0.1) is 0 Å². The Morgan fingerprint density at radius 3 is 2.42 bits per heavy atom. The van der Waals surface area contributed by atoms with E-state index in [2.05, 4.69) is 5.32 Å². The number of aryl methyl sites for hydroxylation is 1. The zero-order chi connectivity index (χ0) is 24.2. The minimum absolute atomic E-state index is 0.218. The predicted octanol–water partition coefficient (Wildman–Crippen LogP) is 4.90. The van der Waals surface area contributed by atoms with Gasteiger partial charge in [-0.15, -0.1) is 0 Å². The van der Waals surface area contributed by atoms with Crippen molar-refractivity contribution in [2.24, 2.45) is 0 Å². The number of nitrogens with one attached hydrogen (secondary N) is 1. The summed E-state index contributed by atoms with van der Waals surface area (Å²) in [5, 5.41) is 3.28. The zero-order valence-electron chi connectivity index (χ0n) is 19.6. The summed E-state index contributed by atoms with van der Waals surface area (Å²) >= 11 is 0. The second-order valence-corrected chi connectivity index (χ2v) is 8.84. The molecule has 174 valence electrons. The van der Waals surface area contributed by atoms with Crippen LogP contribution < -0.4 is 15.7 Å². The first kappa shape index (κ1) is 24.0. The lowest BCUT2D eigenvalue weighted by Crippen LogP contribution is -2.44. The lowest BCUT2D eigenvalue weighted by molar-refractivity contribution is -0.136. The standard InChI is InChI=1S/C26H29NO6/c1-6-21(27-25(30)33-26(3,4)5)24(29)31-18-12-13-19-16(2)20(23(28)32-22(19)15-18)14-17-10-8-7-9-11-17/h7-13,15,21H,6,14H2,1-5H3,(H,27,30). The minimum atomic E-state index is -0.877. The van der Waals surface area contributed by atoms with Crippen LogP contribution in [-0.4, -0.2) is 23.7 Å². The molecule has 1 aromatic heterocycles. The van der Waals surface area contributed by atoms with E-state index in [0.29, 0.717) is 24.0 Å². The maximum atomic E-state index is 12.6. The van der Waals surface area contributed by atoms with Gasteiger partial charge in [0, 0.05) is 23.4 Å². The molecule has 0 fully saturated rings. The number of rotatable bonds is 6. The number of hydrogen-bond acceptors (Lipinski definition) is 6. The van der Waals surface area contributed by atoms with Crippen LogP contribution in [0.3, 0.4) is 0 Å². The molecule has 1 N–H and O–H groups in total. The summed E-state index contributed by atoms with van der Waals surface area (Å²) in [6.45, 7) is 8.84. The number of hydrogen-bond donors (Lipinski definition) is 1. The van der Waals surface area contributed by atoms with Crippen molar-refractivity contribution in [3.63, 3.8) is 0 Å². The van der Waals surface area contributed by atoms with Crippen molar-refractivity contribution in [3.05, 3.63) is 75.6 Å². The van der Waals surface area contributed by atoms with E-state index < -0.39 is 29.3 Å². The van der Waals surface area contributed by atoms with E-state index in [1.165, 1.54) is 6.07 Å². The lowest BCUT2D eigenvalue weighted by Gasteiger charge is -2.22. The first-order chi connectivity index (χ1) is 15.6. The molecule has 1 atom stereocenters. The van der Waals surface area contributed by atoms with Crippen molar-refractivity contribution in [1.82, 2.24) is 5.32 Å². The summed E-state index contributed by atoms with van der Waals surface area (Å²) in [4.78, 5) is 37.2. The molecule has 2 aromatic carbocycles. The molecule has 1 amide bonds. The van der Waals surface area contributed by atoms with Crippen LogP contribution in [0.25, 0.3) is 11.0 Å². The fraction of sp³-hybridized carbons (Fsp3) is 0.346. The molecule has 33 heavy (non-hydrogen) atoms. The minimum Gasteiger partial charge on any atom is -0.444 e. The summed E-state index contributed by atoms with van der Waals surface area (Å²) in [5.74, 6) is -0.419. The van der Waals surface area contributed by atoms with Gasteiger partial charge in [-0.05, 0) is 57.4 Å². The number of alkyl carbamates (subject to hydrolysis) is 1. The summed E-state index contributed by atoms with van der Waals surface area (Å²) in [6, 6.07) is 13.7. The van der Waals surface area contributed by atoms with Crippen molar-refractivity contribution in [3.8, 4) is 5.75 Å². The van der Waals surface area contributed by atoms with Gasteiger partial charge in [0.25, 0.3) is 0 Å². The van der Waals surface area contributed by atoms with Gasteiger partial charge in [-0.25, -0.2) is 14.4 Å². The van der Waals surface area contributed by atoms with Crippen molar-refractivity contribution in [2.45, 2.75) is 59.1 Å². The third-order valence-electron chi connectivity index (χ3n) is 5.08. The van der Waals surface area contributed by atoms with Crippen LogP contribution in [0.2, 0.25) is 0 Å². The first-order valence-corrected chi connectivity index (χ1v) is 10.9. The van der Waals surface area contributed by atoms with Gasteiger partial charge in [-0.2, -0.15) is 0 Å². The van der Waals surface area contributed by atoms with Crippen LogP contribution in [0.4, 0.5) is 4.79 Å². The van der Waals surface area contributed by atoms with Crippen LogP contribution in [-0.2, 0) is 16.0 Å². The van der Waals surface area contributed by atoms with Crippen LogP contribution >= 0.6 is 0 Å². The fourth-order valence-electron chi connectivity index (χ4n) is 3.41. The topological polar surface area (TPSA) is 94.8 Å². The Morgan fingerprint density at radius 2 is 1.79 bits per heavy atom. The second kappa shape index (κ2) is 9.90. The van der Waals surface area contributed by atoms with Gasteiger partial charge in [0.2, 0.25) is 0 Å². The highest BCUT2D eigenvalue weighted by molar-refractivity contribution is 5.86. The highest BCUT2D eigenvalue weighted by Gasteiger charge is 2.25. The molecular formula is C26H29NO6. The zero-order valence-corrected chi connectivity index (χ0v) is 19.6. The van der Waals surface area contributed by atoms with E-state index in [1.54, 1.807) is 39.8 Å². The number of fused-ring (bicyclic) bond motifs is 1. The molecular weight excluding hydrogens is 422 g/mol. The average Bonchev–Trinajstić information content (AvgIpc) is 2.74. The first-order valence-electron chi connectivity index (χ1n) is 10.9. The summed E-state index contributed by atoms with van der Waals surface area (Å²) in [5.41, 5.74) is 1.64. The SMILES string of the molecule is CCC(NC(=O)OC(C)(C)C)C(=O)Oc1ccc2c(C)c(Cc3ccccc3)c(=O)oc2c1. The Labute approximate surface area is 192 Å². The highest BCUT2D eigenvalue weighted by atomic mass is 16.6. The maximum absolute atomic E-state index is 12.6.